The molecule has 1 aromatic carbocycles. The number of rotatable bonds is 3. The van der Waals surface area contributed by atoms with Crippen LogP contribution in [0.25, 0.3) is 0 Å². The quantitative estimate of drug-likeness (QED) is 0.786. The van der Waals surface area contributed by atoms with Crippen molar-refractivity contribution >= 4 is 23.4 Å². The van der Waals surface area contributed by atoms with E-state index in [1.807, 2.05) is 13.8 Å². The molecular formula is C20H21ClFNO4. The van der Waals surface area contributed by atoms with E-state index < -0.39 is 17.7 Å². The van der Waals surface area contributed by atoms with E-state index in [1.165, 1.54) is 18.2 Å². The second kappa shape index (κ2) is 7.00. The summed E-state index contributed by atoms with van der Waals surface area (Å²) in [6.07, 6.45) is 0.682. The minimum Gasteiger partial charge on any atom is -0.462 e. The first kappa shape index (κ1) is 19.4. The second-order valence-electron chi connectivity index (χ2n) is 7.45. The molecule has 1 aliphatic heterocycles. The molecule has 27 heavy (non-hydrogen) atoms. The van der Waals surface area contributed by atoms with E-state index in [9.17, 15) is 14.0 Å². The number of nitrogens with two attached hydrogens (primary N) is 1. The molecule has 2 N–H and O–H groups in total. The number of allylic oxidation sites excluding steroid dienone is 2. The SMILES string of the molecule is CCOC(=O)C1=C(N)OC2=C(C(=O)CC(C)(C)C2)[C@@H]1c1c(F)cccc1Cl. The Morgan fingerprint density at radius 2 is 2.11 bits per heavy atom. The first-order valence-corrected chi connectivity index (χ1v) is 9.09. The van der Waals surface area contributed by atoms with Gasteiger partial charge in [0.25, 0.3) is 0 Å². The number of ether oxygens (including phenoxy) is 2. The predicted molar refractivity (Wildman–Crippen MR) is 98.1 cm³/mol. The maximum absolute atomic E-state index is 14.7. The molecule has 3 rings (SSSR count). The summed E-state index contributed by atoms with van der Waals surface area (Å²) in [5.41, 5.74) is 5.83. The maximum atomic E-state index is 14.7. The molecule has 144 valence electrons. The molecule has 0 unspecified atom stereocenters. The van der Waals surface area contributed by atoms with Gasteiger partial charge in [0.05, 0.1) is 12.5 Å². The van der Waals surface area contributed by atoms with E-state index >= 15 is 0 Å². The van der Waals surface area contributed by atoms with Crippen LogP contribution in [-0.4, -0.2) is 18.4 Å². The lowest BCUT2D eigenvalue weighted by atomic mass is 9.70. The lowest BCUT2D eigenvalue weighted by Gasteiger charge is -2.38. The number of carbonyl (C=O) groups is 2. The molecule has 0 amide bonds. The number of benzene rings is 1. The molecule has 1 heterocycles. The van der Waals surface area contributed by atoms with Crippen LogP contribution in [0.5, 0.6) is 0 Å². The third-order valence-corrected chi connectivity index (χ3v) is 5.07. The number of ketones is 1. The highest BCUT2D eigenvalue weighted by atomic mass is 35.5. The van der Waals surface area contributed by atoms with Gasteiger partial charge in [-0.2, -0.15) is 0 Å². The smallest absolute Gasteiger partial charge is 0.340 e. The van der Waals surface area contributed by atoms with Gasteiger partial charge in [-0.25, -0.2) is 9.18 Å². The van der Waals surface area contributed by atoms with Crippen LogP contribution < -0.4 is 5.73 Å². The molecule has 5 nitrogen and oxygen atoms in total. The van der Waals surface area contributed by atoms with Crippen LogP contribution in [0.3, 0.4) is 0 Å². The first-order chi connectivity index (χ1) is 12.7. The average Bonchev–Trinajstić information content (AvgIpc) is 2.52. The summed E-state index contributed by atoms with van der Waals surface area (Å²) in [5.74, 6) is -2.52. The third-order valence-electron chi connectivity index (χ3n) is 4.74. The van der Waals surface area contributed by atoms with Crippen LogP contribution in [0.4, 0.5) is 4.39 Å². The van der Waals surface area contributed by atoms with Crippen molar-refractivity contribution in [2.75, 3.05) is 6.61 Å². The van der Waals surface area contributed by atoms with Crippen LogP contribution >= 0.6 is 11.6 Å². The van der Waals surface area contributed by atoms with Gasteiger partial charge in [0.2, 0.25) is 5.88 Å². The molecule has 7 heteroatoms. The van der Waals surface area contributed by atoms with Gasteiger partial charge in [0.1, 0.15) is 17.1 Å². The van der Waals surface area contributed by atoms with Gasteiger partial charge in [-0.1, -0.05) is 31.5 Å². The van der Waals surface area contributed by atoms with E-state index in [4.69, 9.17) is 26.8 Å². The molecule has 0 radical (unpaired) electrons. The molecule has 0 bridgehead atoms. The molecule has 1 aromatic rings. The van der Waals surface area contributed by atoms with Crippen LogP contribution in [-0.2, 0) is 19.1 Å². The normalized spacial score (nSPS) is 21.7. The number of esters is 1. The predicted octanol–water partition coefficient (Wildman–Crippen LogP) is 3.97. The summed E-state index contributed by atoms with van der Waals surface area (Å²) in [6, 6.07) is 4.19. The zero-order valence-corrected chi connectivity index (χ0v) is 16.2. The van der Waals surface area contributed by atoms with Crippen molar-refractivity contribution in [1.29, 1.82) is 0 Å². The Balaban J connectivity index is 2.26. The highest BCUT2D eigenvalue weighted by Gasteiger charge is 2.46. The van der Waals surface area contributed by atoms with Crippen molar-refractivity contribution in [3.63, 3.8) is 0 Å². The lowest BCUT2D eigenvalue weighted by molar-refractivity contribution is -0.139. The van der Waals surface area contributed by atoms with Crippen LogP contribution in [0.2, 0.25) is 5.02 Å². The zero-order valence-electron chi connectivity index (χ0n) is 15.4. The number of halogens is 2. The third kappa shape index (κ3) is 3.46. The highest BCUT2D eigenvalue weighted by molar-refractivity contribution is 6.31. The Morgan fingerprint density at radius 1 is 1.41 bits per heavy atom. The molecule has 0 spiro atoms. The van der Waals surface area contributed by atoms with Crippen LogP contribution in [0, 0.1) is 11.2 Å². The Kier molecular flexibility index (Phi) is 5.04. The molecule has 1 atom stereocenters. The number of hydrogen-bond acceptors (Lipinski definition) is 5. The maximum Gasteiger partial charge on any atom is 0.340 e. The molecule has 2 aliphatic rings. The van der Waals surface area contributed by atoms with Crippen molar-refractivity contribution in [3.8, 4) is 0 Å². The first-order valence-electron chi connectivity index (χ1n) is 8.71. The summed E-state index contributed by atoms with van der Waals surface area (Å²) in [6.45, 7) is 5.61. The summed E-state index contributed by atoms with van der Waals surface area (Å²) < 4.78 is 25.5. The summed E-state index contributed by atoms with van der Waals surface area (Å²) in [4.78, 5) is 25.5. The summed E-state index contributed by atoms with van der Waals surface area (Å²) in [7, 11) is 0. The topological polar surface area (TPSA) is 78.6 Å². The zero-order chi connectivity index (χ0) is 19.9. The largest absolute Gasteiger partial charge is 0.462 e. The van der Waals surface area contributed by atoms with E-state index in [0.717, 1.165) is 0 Å². The minimum atomic E-state index is -1.06. The Labute approximate surface area is 162 Å². The van der Waals surface area contributed by atoms with Crippen LogP contribution in [0.1, 0.15) is 45.1 Å². The minimum absolute atomic E-state index is 0.0222. The Hall–Kier alpha value is -2.34. The standard InChI is InChI=1S/C20H21ClFNO4/c1-4-26-19(25)17-16(14-10(21)6-5-7-11(14)22)15-12(24)8-20(2,3)9-13(15)27-18(17)23/h5-7,16H,4,8-9,23H2,1-3H3/t16-/m0/s1. The monoisotopic (exact) mass is 393 g/mol. The molecular weight excluding hydrogens is 373 g/mol. The van der Waals surface area contributed by atoms with E-state index in [2.05, 4.69) is 0 Å². The number of hydrogen-bond donors (Lipinski definition) is 1. The summed E-state index contributed by atoms with van der Waals surface area (Å²) >= 11 is 6.26. The van der Waals surface area contributed by atoms with Crippen molar-refractivity contribution in [2.24, 2.45) is 11.1 Å². The van der Waals surface area contributed by atoms with Crippen molar-refractivity contribution in [2.45, 2.75) is 39.5 Å². The molecule has 0 saturated carbocycles. The van der Waals surface area contributed by atoms with E-state index in [-0.39, 0.29) is 51.8 Å². The highest BCUT2D eigenvalue weighted by Crippen LogP contribution is 2.49. The number of carbonyl (C=O) groups excluding carboxylic acids is 2. The van der Waals surface area contributed by atoms with Crippen molar-refractivity contribution in [3.05, 3.63) is 57.4 Å². The molecule has 0 aromatic heterocycles. The van der Waals surface area contributed by atoms with Crippen LogP contribution in [0.15, 0.2) is 41.0 Å². The van der Waals surface area contributed by atoms with Gasteiger partial charge in [0.15, 0.2) is 5.78 Å². The van der Waals surface area contributed by atoms with Gasteiger partial charge in [-0.05, 0) is 24.5 Å². The fraction of sp³-hybridized carbons (Fsp3) is 0.400. The second-order valence-corrected chi connectivity index (χ2v) is 7.85. The van der Waals surface area contributed by atoms with Gasteiger partial charge in [-0.3, -0.25) is 4.79 Å². The summed E-state index contributed by atoms with van der Waals surface area (Å²) in [5, 5.41) is 0.0981. The van der Waals surface area contributed by atoms with Gasteiger partial charge < -0.3 is 15.2 Å². The van der Waals surface area contributed by atoms with Gasteiger partial charge in [-0.15, -0.1) is 0 Å². The molecule has 1 aliphatic carbocycles. The fourth-order valence-corrected chi connectivity index (χ4v) is 3.94. The Morgan fingerprint density at radius 3 is 2.74 bits per heavy atom. The Bertz CT molecular complexity index is 868. The number of Topliss-reactive ketones (excluding diaryl/α,β-unsaturated/α-hetero) is 1. The molecule has 0 fully saturated rings. The average molecular weight is 394 g/mol. The van der Waals surface area contributed by atoms with E-state index in [1.54, 1.807) is 6.92 Å². The fourth-order valence-electron chi connectivity index (χ4n) is 3.67. The van der Waals surface area contributed by atoms with Crippen molar-refractivity contribution < 1.29 is 23.5 Å². The van der Waals surface area contributed by atoms with Crippen molar-refractivity contribution in [1.82, 2.24) is 0 Å². The van der Waals surface area contributed by atoms with E-state index in [0.29, 0.717) is 12.2 Å². The lowest BCUT2D eigenvalue weighted by Crippen LogP contribution is -2.36. The van der Waals surface area contributed by atoms with Gasteiger partial charge >= 0.3 is 5.97 Å². The molecule has 0 saturated heterocycles. The van der Waals surface area contributed by atoms with Gasteiger partial charge in [0, 0.05) is 29.0 Å².